The molecule has 1 fully saturated rings. The summed E-state index contributed by atoms with van der Waals surface area (Å²) in [6, 6.07) is 8.01. The van der Waals surface area contributed by atoms with Crippen LogP contribution in [-0.4, -0.2) is 36.2 Å². The minimum absolute atomic E-state index is 0.0999. The molecule has 1 aromatic rings. The van der Waals surface area contributed by atoms with Crippen LogP contribution >= 0.6 is 0 Å². The molecule has 0 radical (unpaired) electrons. The van der Waals surface area contributed by atoms with E-state index in [0.717, 1.165) is 30.7 Å². The number of hydrogen-bond acceptors (Lipinski definition) is 3. The Balaban J connectivity index is 2.22. The zero-order valence-electron chi connectivity index (χ0n) is 9.93. The van der Waals surface area contributed by atoms with E-state index in [4.69, 9.17) is 9.84 Å². The van der Waals surface area contributed by atoms with E-state index in [0.29, 0.717) is 0 Å². The summed E-state index contributed by atoms with van der Waals surface area (Å²) in [5, 5.41) is 8.89. The fourth-order valence-electron chi connectivity index (χ4n) is 2.48. The molecule has 1 aliphatic heterocycles. The summed E-state index contributed by atoms with van der Waals surface area (Å²) >= 11 is 0. The summed E-state index contributed by atoms with van der Waals surface area (Å²) in [5.41, 5.74) is 1.09. The highest BCUT2D eigenvalue weighted by molar-refractivity contribution is 5.69. The molecule has 0 saturated carbocycles. The molecular weight excluding hydrogens is 218 g/mol. The number of para-hydroxylation sites is 1. The van der Waals surface area contributed by atoms with Crippen LogP contribution in [0.25, 0.3) is 0 Å². The molecule has 1 aliphatic rings. The van der Waals surface area contributed by atoms with Gasteiger partial charge in [-0.2, -0.15) is 0 Å². The van der Waals surface area contributed by atoms with Crippen molar-refractivity contribution >= 4 is 5.97 Å². The number of carboxylic acids is 1. The van der Waals surface area contributed by atoms with Crippen LogP contribution < -0.4 is 4.74 Å². The molecule has 1 heterocycles. The first-order chi connectivity index (χ1) is 8.22. The second kappa shape index (κ2) is 5.19. The molecule has 92 valence electrons. The Hall–Kier alpha value is -1.55. The van der Waals surface area contributed by atoms with Crippen molar-refractivity contribution in [2.75, 3.05) is 20.2 Å². The van der Waals surface area contributed by atoms with Crippen LogP contribution in [0.15, 0.2) is 24.3 Å². The maximum Gasteiger partial charge on any atom is 0.317 e. The number of hydrogen-bond donors (Lipinski definition) is 1. The van der Waals surface area contributed by atoms with Crippen LogP contribution in [0.2, 0.25) is 0 Å². The first-order valence-electron chi connectivity index (χ1n) is 5.81. The number of ether oxygens (including phenoxy) is 1. The number of carbonyl (C=O) groups is 1. The van der Waals surface area contributed by atoms with Crippen LogP contribution in [-0.2, 0) is 4.79 Å². The number of benzene rings is 1. The van der Waals surface area contributed by atoms with Crippen molar-refractivity contribution in [2.45, 2.75) is 18.9 Å². The molecule has 4 nitrogen and oxygen atoms in total. The van der Waals surface area contributed by atoms with E-state index < -0.39 is 5.97 Å². The second-order valence-electron chi connectivity index (χ2n) is 4.26. The Kier molecular flexibility index (Phi) is 3.64. The Labute approximate surface area is 101 Å². The van der Waals surface area contributed by atoms with Gasteiger partial charge in [-0.1, -0.05) is 18.2 Å². The predicted molar refractivity (Wildman–Crippen MR) is 64.2 cm³/mol. The highest BCUT2D eigenvalue weighted by Crippen LogP contribution is 2.36. The van der Waals surface area contributed by atoms with E-state index in [1.807, 2.05) is 29.2 Å². The van der Waals surface area contributed by atoms with E-state index in [-0.39, 0.29) is 12.6 Å². The van der Waals surface area contributed by atoms with Crippen LogP contribution in [0.4, 0.5) is 0 Å². The van der Waals surface area contributed by atoms with E-state index in [2.05, 4.69) is 0 Å². The van der Waals surface area contributed by atoms with E-state index in [1.165, 1.54) is 0 Å². The van der Waals surface area contributed by atoms with Gasteiger partial charge in [0.2, 0.25) is 0 Å². The maximum atomic E-state index is 10.8. The minimum atomic E-state index is -0.771. The Morgan fingerprint density at radius 1 is 1.53 bits per heavy atom. The number of carboxylic acid groups (broad SMARTS) is 1. The van der Waals surface area contributed by atoms with Gasteiger partial charge in [0.15, 0.2) is 0 Å². The summed E-state index contributed by atoms with van der Waals surface area (Å²) in [5.74, 6) is 0.0709. The molecule has 1 atom stereocenters. The van der Waals surface area contributed by atoms with Crippen molar-refractivity contribution < 1.29 is 14.6 Å². The Bertz CT molecular complexity index is 405. The largest absolute Gasteiger partial charge is 0.496 e. The van der Waals surface area contributed by atoms with Gasteiger partial charge in [-0.15, -0.1) is 0 Å². The fraction of sp³-hybridized carbons (Fsp3) is 0.462. The van der Waals surface area contributed by atoms with E-state index >= 15 is 0 Å². The maximum absolute atomic E-state index is 10.8. The highest BCUT2D eigenvalue weighted by atomic mass is 16.5. The van der Waals surface area contributed by atoms with Gasteiger partial charge in [-0.05, 0) is 25.5 Å². The number of nitrogens with zero attached hydrogens (tertiary/aromatic N) is 1. The molecule has 4 heteroatoms. The van der Waals surface area contributed by atoms with Gasteiger partial charge >= 0.3 is 5.97 Å². The van der Waals surface area contributed by atoms with Crippen LogP contribution in [0.5, 0.6) is 5.75 Å². The van der Waals surface area contributed by atoms with Gasteiger partial charge < -0.3 is 9.84 Å². The molecule has 1 N–H and O–H groups in total. The van der Waals surface area contributed by atoms with Gasteiger partial charge in [0.1, 0.15) is 5.75 Å². The van der Waals surface area contributed by atoms with Crippen molar-refractivity contribution in [3.8, 4) is 5.75 Å². The van der Waals surface area contributed by atoms with Gasteiger partial charge in [0, 0.05) is 11.6 Å². The molecule has 2 rings (SSSR count). The van der Waals surface area contributed by atoms with Crippen molar-refractivity contribution in [2.24, 2.45) is 0 Å². The third-order valence-electron chi connectivity index (χ3n) is 3.20. The molecule has 0 amide bonds. The topological polar surface area (TPSA) is 49.8 Å². The van der Waals surface area contributed by atoms with Crippen LogP contribution in [0.3, 0.4) is 0 Å². The Morgan fingerprint density at radius 3 is 3.00 bits per heavy atom. The van der Waals surface area contributed by atoms with Gasteiger partial charge in [-0.25, -0.2) is 0 Å². The quantitative estimate of drug-likeness (QED) is 0.866. The zero-order valence-corrected chi connectivity index (χ0v) is 9.93. The smallest absolute Gasteiger partial charge is 0.317 e. The summed E-state index contributed by atoms with van der Waals surface area (Å²) < 4.78 is 5.34. The highest BCUT2D eigenvalue weighted by Gasteiger charge is 2.29. The Morgan fingerprint density at radius 2 is 2.29 bits per heavy atom. The number of rotatable bonds is 4. The lowest BCUT2D eigenvalue weighted by Gasteiger charge is -2.24. The van der Waals surface area contributed by atoms with Gasteiger partial charge in [-0.3, -0.25) is 9.69 Å². The third kappa shape index (κ3) is 2.58. The monoisotopic (exact) mass is 235 g/mol. The molecule has 0 bridgehead atoms. The van der Waals surface area contributed by atoms with Crippen molar-refractivity contribution in [1.82, 2.24) is 4.90 Å². The van der Waals surface area contributed by atoms with Crippen LogP contribution in [0.1, 0.15) is 24.4 Å². The number of aliphatic carboxylic acids is 1. The van der Waals surface area contributed by atoms with Crippen LogP contribution in [0, 0.1) is 0 Å². The molecule has 0 aromatic heterocycles. The predicted octanol–water partition coefficient (Wildman–Crippen LogP) is 1.92. The lowest BCUT2D eigenvalue weighted by Crippen LogP contribution is -2.29. The molecule has 17 heavy (non-hydrogen) atoms. The van der Waals surface area contributed by atoms with Gasteiger partial charge in [0.05, 0.1) is 13.7 Å². The number of likely N-dealkylation sites (tertiary alicyclic amines) is 1. The molecule has 0 aliphatic carbocycles. The average Bonchev–Trinajstić information content (AvgIpc) is 2.76. The minimum Gasteiger partial charge on any atom is -0.496 e. The van der Waals surface area contributed by atoms with Crippen molar-refractivity contribution in [1.29, 1.82) is 0 Å². The zero-order chi connectivity index (χ0) is 12.3. The SMILES string of the molecule is COc1ccccc1[C@H]1CCCN1CC(=O)O. The first-order valence-corrected chi connectivity index (χ1v) is 5.81. The van der Waals surface area contributed by atoms with Crippen molar-refractivity contribution in [3.63, 3.8) is 0 Å². The molecule has 0 unspecified atom stereocenters. The summed E-state index contributed by atoms with van der Waals surface area (Å²) in [4.78, 5) is 12.8. The standard InChI is InChI=1S/C13H17NO3/c1-17-12-7-3-2-5-10(12)11-6-4-8-14(11)9-13(15)16/h2-3,5,7,11H,4,6,8-9H2,1H3,(H,15,16)/t11-/m1/s1. The summed E-state index contributed by atoms with van der Waals surface area (Å²) in [6.45, 7) is 0.942. The third-order valence-corrected chi connectivity index (χ3v) is 3.20. The summed E-state index contributed by atoms with van der Waals surface area (Å²) in [7, 11) is 1.65. The number of methoxy groups -OCH3 is 1. The first kappa shape index (κ1) is 11.9. The molecule has 1 saturated heterocycles. The second-order valence-corrected chi connectivity index (χ2v) is 4.26. The summed E-state index contributed by atoms with van der Waals surface area (Å²) in [6.07, 6.45) is 2.03. The van der Waals surface area contributed by atoms with E-state index in [1.54, 1.807) is 7.11 Å². The fourth-order valence-corrected chi connectivity index (χ4v) is 2.48. The molecule has 1 aromatic carbocycles. The van der Waals surface area contributed by atoms with E-state index in [9.17, 15) is 4.79 Å². The van der Waals surface area contributed by atoms with Gasteiger partial charge in [0.25, 0.3) is 0 Å². The van der Waals surface area contributed by atoms with Crippen molar-refractivity contribution in [3.05, 3.63) is 29.8 Å². The molecule has 0 spiro atoms. The lowest BCUT2D eigenvalue weighted by atomic mass is 10.0. The molecular formula is C13H17NO3. The lowest BCUT2D eigenvalue weighted by molar-refractivity contribution is -0.138. The normalized spacial score (nSPS) is 20.4. The average molecular weight is 235 g/mol.